The highest BCUT2D eigenvalue weighted by Crippen LogP contribution is 2.09. The second-order valence-corrected chi connectivity index (χ2v) is 10.9. The molecule has 1 aromatic rings. The van der Waals surface area contributed by atoms with Crippen LogP contribution >= 0.6 is 0 Å². The van der Waals surface area contributed by atoms with Gasteiger partial charge in [-0.1, -0.05) is 19.6 Å². The molecule has 0 bridgehead atoms. The Morgan fingerprint density at radius 3 is 2.67 bits per heavy atom. The first-order chi connectivity index (χ1) is 8.33. The summed E-state index contributed by atoms with van der Waals surface area (Å²) >= 11 is 0. The second-order valence-electron chi connectivity index (χ2n) is 5.32. The van der Waals surface area contributed by atoms with Crippen LogP contribution in [0.15, 0.2) is 6.20 Å². The van der Waals surface area contributed by atoms with E-state index in [0.29, 0.717) is 12.4 Å². The Kier molecular flexibility index (Phi) is 5.06. The van der Waals surface area contributed by atoms with Crippen LogP contribution in [0, 0.1) is 0 Å². The van der Waals surface area contributed by atoms with Gasteiger partial charge in [0.05, 0.1) is 0 Å². The molecule has 0 saturated carbocycles. The van der Waals surface area contributed by atoms with E-state index in [-0.39, 0.29) is 19.0 Å². The van der Waals surface area contributed by atoms with E-state index in [0.717, 1.165) is 6.04 Å². The smallest absolute Gasteiger partial charge is 0.356 e. The summed E-state index contributed by atoms with van der Waals surface area (Å²) in [5.41, 5.74) is -0.0761. The predicted molar refractivity (Wildman–Crippen MR) is 69.2 cm³/mol. The minimum atomic E-state index is -1.12. The number of carbonyl (C=O) groups is 1. The zero-order valence-corrected chi connectivity index (χ0v) is 12.0. The monoisotopic (exact) mass is 272 g/mol. The molecule has 2 N–H and O–H groups in total. The van der Waals surface area contributed by atoms with Crippen LogP contribution in [0.2, 0.25) is 25.7 Å². The summed E-state index contributed by atoms with van der Waals surface area (Å²) in [6.45, 7) is 7.34. The van der Waals surface area contributed by atoms with E-state index < -0.39 is 14.0 Å². The maximum absolute atomic E-state index is 10.8. The largest absolute Gasteiger partial charge is 0.476 e. The number of nitrogens with zero attached hydrogens (tertiary/aromatic N) is 2. The Hall–Kier alpha value is -1.18. The molecule has 7 heteroatoms. The maximum Gasteiger partial charge on any atom is 0.356 e. The van der Waals surface area contributed by atoms with Gasteiger partial charge in [0, 0.05) is 20.9 Å². The molecule has 0 aliphatic heterocycles. The highest BCUT2D eigenvalue weighted by molar-refractivity contribution is 6.76. The third kappa shape index (κ3) is 4.59. The van der Waals surface area contributed by atoms with E-state index in [4.69, 9.17) is 14.9 Å². The first-order valence-electron chi connectivity index (χ1n) is 5.81. The first-order valence-corrected chi connectivity index (χ1v) is 9.52. The van der Waals surface area contributed by atoms with Crippen molar-refractivity contribution in [2.75, 3.05) is 6.61 Å². The minimum absolute atomic E-state index is 0.0761. The summed E-state index contributed by atoms with van der Waals surface area (Å²) in [4.78, 5) is 14.5. The number of aromatic nitrogens is 2. The van der Waals surface area contributed by atoms with Gasteiger partial charge in [-0.25, -0.2) is 9.78 Å². The number of rotatable bonds is 7. The highest BCUT2D eigenvalue weighted by Gasteiger charge is 2.14. The molecule has 0 aliphatic rings. The lowest BCUT2D eigenvalue weighted by Gasteiger charge is -2.15. The molecule has 6 nitrogen and oxygen atoms in total. The van der Waals surface area contributed by atoms with E-state index in [1.54, 1.807) is 0 Å². The van der Waals surface area contributed by atoms with Gasteiger partial charge in [-0.3, -0.25) is 0 Å². The number of carboxylic acids is 1. The lowest BCUT2D eigenvalue weighted by molar-refractivity contribution is 0.0689. The number of ether oxygens (including phenoxy) is 1. The van der Waals surface area contributed by atoms with Gasteiger partial charge in [-0.2, -0.15) is 0 Å². The standard InChI is InChI=1S/C11H20N2O4Si/c1-18(2,3)5-4-17-8-13-6-9(11(15)16)12-10(13)7-14/h6,14H,4-5,7-8H2,1-3H3,(H,15,16). The minimum Gasteiger partial charge on any atom is -0.476 e. The number of aliphatic hydroxyl groups is 1. The van der Waals surface area contributed by atoms with Crippen LogP contribution in [-0.2, 0) is 18.1 Å². The average molecular weight is 272 g/mol. The summed E-state index contributed by atoms with van der Waals surface area (Å²) in [5, 5.41) is 17.9. The summed E-state index contributed by atoms with van der Waals surface area (Å²) in [5.74, 6) is -0.800. The SMILES string of the molecule is C[Si](C)(C)CCOCn1cc(C(=O)O)nc1CO. The summed E-state index contributed by atoms with van der Waals surface area (Å²) in [6.07, 6.45) is 1.38. The van der Waals surface area contributed by atoms with Crippen LogP contribution in [0.4, 0.5) is 0 Å². The second kappa shape index (κ2) is 6.12. The van der Waals surface area contributed by atoms with Crippen LogP contribution in [-0.4, -0.2) is 40.4 Å². The topological polar surface area (TPSA) is 84.6 Å². The lowest BCUT2D eigenvalue weighted by Crippen LogP contribution is -2.22. The molecular weight excluding hydrogens is 252 g/mol. The molecule has 1 aromatic heterocycles. The number of aliphatic hydroxyl groups excluding tert-OH is 1. The number of imidazole rings is 1. The Labute approximate surface area is 107 Å². The van der Waals surface area contributed by atoms with Crippen molar-refractivity contribution < 1.29 is 19.7 Å². The summed E-state index contributed by atoms with van der Waals surface area (Å²) in [6, 6.07) is 1.04. The molecule has 0 amide bonds. The molecule has 0 aromatic carbocycles. The van der Waals surface area contributed by atoms with E-state index in [2.05, 4.69) is 24.6 Å². The van der Waals surface area contributed by atoms with Crippen LogP contribution < -0.4 is 0 Å². The number of carboxylic acid groups (broad SMARTS) is 1. The molecule has 1 rings (SSSR count). The van der Waals surface area contributed by atoms with E-state index in [1.165, 1.54) is 10.8 Å². The fourth-order valence-electron chi connectivity index (χ4n) is 1.34. The van der Waals surface area contributed by atoms with E-state index in [9.17, 15) is 4.79 Å². The Morgan fingerprint density at radius 2 is 2.17 bits per heavy atom. The maximum atomic E-state index is 10.8. The van der Waals surface area contributed by atoms with Crippen molar-refractivity contribution in [3.8, 4) is 0 Å². The third-order valence-corrected chi connectivity index (χ3v) is 4.15. The zero-order chi connectivity index (χ0) is 13.8. The van der Waals surface area contributed by atoms with Crippen molar-refractivity contribution in [3.63, 3.8) is 0 Å². The van der Waals surface area contributed by atoms with Crippen LogP contribution in [0.25, 0.3) is 0 Å². The average Bonchev–Trinajstić information content (AvgIpc) is 2.66. The van der Waals surface area contributed by atoms with Crippen molar-refractivity contribution in [2.45, 2.75) is 39.0 Å². The zero-order valence-electron chi connectivity index (χ0n) is 11.0. The van der Waals surface area contributed by atoms with Crippen LogP contribution in [0.1, 0.15) is 16.3 Å². The van der Waals surface area contributed by atoms with Crippen LogP contribution in [0.5, 0.6) is 0 Å². The van der Waals surface area contributed by atoms with Gasteiger partial charge in [-0.15, -0.1) is 0 Å². The molecular formula is C11H20N2O4Si. The number of aromatic carboxylic acids is 1. The number of hydrogen-bond donors (Lipinski definition) is 2. The van der Waals surface area contributed by atoms with Gasteiger partial charge in [-0.05, 0) is 6.04 Å². The summed E-state index contributed by atoms with van der Waals surface area (Å²) in [7, 11) is -1.12. The Morgan fingerprint density at radius 1 is 1.50 bits per heavy atom. The molecule has 0 aliphatic carbocycles. The number of hydrogen-bond acceptors (Lipinski definition) is 4. The van der Waals surface area contributed by atoms with E-state index >= 15 is 0 Å². The fraction of sp³-hybridized carbons (Fsp3) is 0.636. The first kappa shape index (κ1) is 14.9. The Balaban J connectivity index is 2.53. The third-order valence-electron chi connectivity index (χ3n) is 2.45. The van der Waals surface area contributed by atoms with Gasteiger partial charge < -0.3 is 19.5 Å². The van der Waals surface area contributed by atoms with Crippen molar-refractivity contribution in [2.24, 2.45) is 0 Å². The normalized spacial score (nSPS) is 11.8. The fourth-order valence-corrected chi connectivity index (χ4v) is 2.09. The quantitative estimate of drug-likeness (QED) is 0.578. The van der Waals surface area contributed by atoms with Crippen molar-refractivity contribution >= 4 is 14.0 Å². The van der Waals surface area contributed by atoms with Gasteiger partial charge in [0.2, 0.25) is 0 Å². The molecule has 102 valence electrons. The van der Waals surface area contributed by atoms with Gasteiger partial charge in [0.25, 0.3) is 0 Å². The lowest BCUT2D eigenvalue weighted by atomic mass is 10.5. The molecule has 0 radical (unpaired) electrons. The predicted octanol–water partition coefficient (Wildman–Crippen LogP) is 1.39. The van der Waals surface area contributed by atoms with E-state index in [1.807, 2.05) is 0 Å². The van der Waals surface area contributed by atoms with Crippen LogP contribution in [0.3, 0.4) is 0 Å². The van der Waals surface area contributed by atoms with Crippen molar-refractivity contribution in [1.29, 1.82) is 0 Å². The molecule has 0 unspecified atom stereocenters. The van der Waals surface area contributed by atoms with Gasteiger partial charge in [0.1, 0.15) is 19.2 Å². The van der Waals surface area contributed by atoms with Gasteiger partial charge in [0.15, 0.2) is 5.69 Å². The van der Waals surface area contributed by atoms with Gasteiger partial charge >= 0.3 is 5.97 Å². The Bertz CT molecular complexity index is 412. The summed E-state index contributed by atoms with van der Waals surface area (Å²) < 4.78 is 7.01. The molecule has 1 heterocycles. The molecule has 0 fully saturated rings. The van der Waals surface area contributed by atoms with Crippen molar-refractivity contribution in [1.82, 2.24) is 9.55 Å². The molecule has 0 atom stereocenters. The van der Waals surface area contributed by atoms with Crippen molar-refractivity contribution in [3.05, 3.63) is 17.7 Å². The highest BCUT2D eigenvalue weighted by atomic mass is 28.3. The molecule has 0 saturated heterocycles. The molecule has 18 heavy (non-hydrogen) atoms. The molecule has 0 spiro atoms.